The Labute approximate surface area is 99.3 Å². The molecule has 1 N–H and O–H groups in total. The lowest BCUT2D eigenvalue weighted by Gasteiger charge is -2.17. The van der Waals surface area contributed by atoms with Crippen molar-refractivity contribution in [2.75, 3.05) is 6.54 Å². The highest BCUT2D eigenvalue weighted by molar-refractivity contribution is 5.19. The van der Waals surface area contributed by atoms with Gasteiger partial charge in [-0.25, -0.2) is 0 Å². The van der Waals surface area contributed by atoms with Crippen molar-refractivity contribution in [2.45, 2.75) is 39.2 Å². The standard InChI is InChI=1S/C15H21N/c1-3-5-7-12-15(16-13-4-2)14-10-8-6-9-11-14/h6,8-11,15-16H,4,7,12-13H2,1-2H3. The molecule has 1 nitrogen and oxygen atoms in total. The fourth-order valence-corrected chi connectivity index (χ4v) is 1.73. The zero-order valence-electron chi connectivity index (χ0n) is 10.3. The predicted molar refractivity (Wildman–Crippen MR) is 70.2 cm³/mol. The fraction of sp³-hybridized carbons (Fsp3) is 0.467. The van der Waals surface area contributed by atoms with E-state index in [-0.39, 0.29) is 0 Å². The summed E-state index contributed by atoms with van der Waals surface area (Å²) in [6, 6.07) is 11.1. The monoisotopic (exact) mass is 215 g/mol. The summed E-state index contributed by atoms with van der Waals surface area (Å²) in [7, 11) is 0. The van der Waals surface area contributed by atoms with Crippen molar-refractivity contribution in [1.82, 2.24) is 5.32 Å². The van der Waals surface area contributed by atoms with Gasteiger partial charge in [0.1, 0.15) is 0 Å². The van der Waals surface area contributed by atoms with Crippen LogP contribution in [0.5, 0.6) is 0 Å². The Hall–Kier alpha value is -1.26. The van der Waals surface area contributed by atoms with E-state index in [1.165, 1.54) is 12.0 Å². The van der Waals surface area contributed by atoms with Crippen LogP contribution in [0.2, 0.25) is 0 Å². The summed E-state index contributed by atoms with van der Waals surface area (Å²) >= 11 is 0. The number of benzene rings is 1. The first kappa shape index (κ1) is 12.8. The maximum Gasteiger partial charge on any atom is 0.0329 e. The Morgan fingerprint density at radius 3 is 2.62 bits per heavy atom. The molecule has 16 heavy (non-hydrogen) atoms. The van der Waals surface area contributed by atoms with E-state index in [4.69, 9.17) is 0 Å². The van der Waals surface area contributed by atoms with Gasteiger partial charge in [0.25, 0.3) is 0 Å². The van der Waals surface area contributed by atoms with Crippen LogP contribution in [0.15, 0.2) is 30.3 Å². The average molecular weight is 215 g/mol. The molecule has 1 rings (SSSR count). The summed E-state index contributed by atoms with van der Waals surface area (Å²) in [5, 5.41) is 3.58. The first-order valence-corrected chi connectivity index (χ1v) is 6.06. The maximum atomic E-state index is 3.58. The SMILES string of the molecule is CC#CCCC(NCCC)c1ccccc1. The number of hydrogen-bond donors (Lipinski definition) is 1. The van der Waals surface area contributed by atoms with Gasteiger partial charge in [-0.15, -0.1) is 11.8 Å². The van der Waals surface area contributed by atoms with Crippen molar-refractivity contribution < 1.29 is 0 Å². The third-order valence-corrected chi connectivity index (χ3v) is 2.58. The first-order valence-electron chi connectivity index (χ1n) is 6.06. The molecule has 0 aliphatic heterocycles. The van der Waals surface area contributed by atoms with Crippen molar-refractivity contribution in [2.24, 2.45) is 0 Å². The highest BCUT2D eigenvalue weighted by atomic mass is 14.9. The third kappa shape index (κ3) is 4.51. The Balaban J connectivity index is 2.58. The van der Waals surface area contributed by atoms with E-state index >= 15 is 0 Å². The van der Waals surface area contributed by atoms with E-state index in [9.17, 15) is 0 Å². The lowest BCUT2D eigenvalue weighted by atomic mass is 10.0. The van der Waals surface area contributed by atoms with Crippen LogP contribution in [-0.4, -0.2) is 6.54 Å². The van der Waals surface area contributed by atoms with Crippen molar-refractivity contribution in [3.8, 4) is 11.8 Å². The third-order valence-electron chi connectivity index (χ3n) is 2.58. The van der Waals surface area contributed by atoms with Gasteiger partial charge in [-0.3, -0.25) is 0 Å². The molecule has 1 aromatic rings. The number of hydrogen-bond acceptors (Lipinski definition) is 1. The summed E-state index contributed by atoms with van der Waals surface area (Å²) in [4.78, 5) is 0. The minimum absolute atomic E-state index is 0.446. The summed E-state index contributed by atoms with van der Waals surface area (Å²) < 4.78 is 0. The minimum atomic E-state index is 0.446. The molecule has 1 heteroatoms. The molecule has 1 aromatic carbocycles. The summed E-state index contributed by atoms with van der Waals surface area (Å²) in [5.41, 5.74) is 1.37. The molecule has 0 saturated carbocycles. The molecule has 1 atom stereocenters. The summed E-state index contributed by atoms with van der Waals surface area (Å²) in [6.45, 7) is 5.16. The first-order chi connectivity index (χ1) is 7.88. The van der Waals surface area contributed by atoms with E-state index in [0.29, 0.717) is 6.04 Å². The molecule has 0 amide bonds. The van der Waals surface area contributed by atoms with Crippen LogP contribution in [0.3, 0.4) is 0 Å². The molecular formula is C15H21N. The van der Waals surface area contributed by atoms with Crippen molar-refractivity contribution in [3.63, 3.8) is 0 Å². The Bertz CT molecular complexity index is 331. The molecule has 0 aromatic heterocycles. The number of rotatable bonds is 6. The van der Waals surface area contributed by atoms with Gasteiger partial charge < -0.3 is 5.32 Å². The topological polar surface area (TPSA) is 12.0 Å². The van der Waals surface area contributed by atoms with Crippen LogP contribution in [0.1, 0.15) is 44.7 Å². The zero-order chi connectivity index (χ0) is 11.6. The molecule has 0 heterocycles. The Kier molecular flexibility index (Phi) is 6.37. The molecule has 0 bridgehead atoms. The van der Waals surface area contributed by atoms with Gasteiger partial charge >= 0.3 is 0 Å². The van der Waals surface area contributed by atoms with Crippen LogP contribution in [0.25, 0.3) is 0 Å². The fourth-order valence-electron chi connectivity index (χ4n) is 1.73. The van der Waals surface area contributed by atoms with Gasteiger partial charge in [0, 0.05) is 12.5 Å². The zero-order valence-corrected chi connectivity index (χ0v) is 10.3. The molecular weight excluding hydrogens is 194 g/mol. The average Bonchev–Trinajstić information content (AvgIpc) is 2.35. The van der Waals surface area contributed by atoms with Gasteiger partial charge in [-0.05, 0) is 31.9 Å². The van der Waals surface area contributed by atoms with Crippen molar-refractivity contribution in [1.29, 1.82) is 0 Å². The van der Waals surface area contributed by atoms with E-state index in [1.807, 2.05) is 6.92 Å². The second-order valence-electron chi connectivity index (χ2n) is 3.88. The minimum Gasteiger partial charge on any atom is -0.310 e. The molecule has 0 aliphatic rings. The van der Waals surface area contributed by atoms with Crippen LogP contribution < -0.4 is 5.32 Å². The molecule has 0 saturated heterocycles. The van der Waals surface area contributed by atoms with Gasteiger partial charge in [-0.1, -0.05) is 37.3 Å². The second-order valence-corrected chi connectivity index (χ2v) is 3.88. The normalized spacial score (nSPS) is 11.6. The van der Waals surface area contributed by atoms with Crippen LogP contribution in [0, 0.1) is 11.8 Å². The predicted octanol–water partition coefficient (Wildman–Crippen LogP) is 3.53. The Morgan fingerprint density at radius 2 is 2.00 bits per heavy atom. The molecule has 0 spiro atoms. The van der Waals surface area contributed by atoms with Crippen LogP contribution in [0.4, 0.5) is 0 Å². The number of nitrogens with one attached hydrogen (secondary N) is 1. The van der Waals surface area contributed by atoms with Gasteiger partial charge in [0.2, 0.25) is 0 Å². The second kappa shape index (κ2) is 7.96. The van der Waals surface area contributed by atoms with E-state index in [0.717, 1.165) is 19.4 Å². The largest absolute Gasteiger partial charge is 0.310 e. The Morgan fingerprint density at radius 1 is 1.25 bits per heavy atom. The highest BCUT2D eigenvalue weighted by Gasteiger charge is 2.08. The summed E-state index contributed by atoms with van der Waals surface area (Å²) in [5.74, 6) is 6.09. The van der Waals surface area contributed by atoms with Crippen molar-refractivity contribution in [3.05, 3.63) is 35.9 Å². The highest BCUT2D eigenvalue weighted by Crippen LogP contribution is 2.17. The maximum absolute atomic E-state index is 3.58. The van der Waals surface area contributed by atoms with E-state index in [1.54, 1.807) is 0 Å². The summed E-state index contributed by atoms with van der Waals surface area (Å²) in [6.07, 6.45) is 3.22. The quantitative estimate of drug-likeness (QED) is 0.716. The van der Waals surface area contributed by atoms with Crippen molar-refractivity contribution >= 4 is 0 Å². The van der Waals surface area contributed by atoms with Gasteiger partial charge in [-0.2, -0.15) is 0 Å². The van der Waals surface area contributed by atoms with Crippen LogP contribution in [-0.2, 0) is 0 Å². The van der Waals surface area contributed by atoms with E-state index < -0.39 is 0 Å². The smallest absolute Gasteiger partial charge is 0.0329 e. The lowest BCUT2D eigenvalue weighted by molar-refractivity contribution is 0.505. The molecule has 1 unspecified atom stereocenters. The van der Waals surface area contributed by atoms with Gasteiger partial charge in [0.15, 0.2) is 0 Å². The molecule has 0 fully saturated rings. The van der Waals surface area contributed by atoms with Crippen LogP contribution >= 0.6 is 0 Å². The van der Waals surface area contributed by atoms with Gasteiger partial charge in [0.05, 0.1) is 0 Å². The van der Waals surface area contributed by atoms with E-state index in [2.05, 4.69) is 54.4 Å². The molecule has 86 valence electrons. The molecule has 0 aliphatic carbocycles. The molecule has 0 radical (unpaired) electrons. The lowest BCUT2D eigenvalue weighted by Crippen LogP contribution is -2.21.